The number of nitrogens with zero attached hydrogens (tertiary/aromatic N) is 2. The van der Waals surface area contributed by atoms with Crippen LogP contribution in [0.5, 0.6) is 0 Å². The number of hydrogen-bond acceptors (Lipinski definition) is 5. The number of aromatic nitrogens is 1. The molecule has 3 amide bonds. The van der Waals surface area contributed by atoms with Crippen LogP contribution in [0, 0.1) is 12.3 Å². The Hall–Kier alpha value is -2.74. The summed E-state index contributed by atoms with van der Waals surface area (Å²) < 4.78 is 0. The van der Waals surface area contributed by atoms with E-state index in [1.54, 1.807) is 16.2 Å². The molecule has 2 N–H and O–H groups in total. The van der Waals surface area contributed by atoms with Gasteiger partial charge in [-0.2, -0.15) is 0 Å². The average Bonchev–Trinajstić information content (AvgIpc) is 3.45. The smallest absolute Gasteiger partial charge is 0.246 e. The average molecular weight is 499 g/mol. The van der Waals surface area contributed by atoms with Crippen LogP contribution in [0.4, 0.5) is 0 Å². The summed E-state index contributed by atoms with van der Waals surface area (Å²) in [7, 11) is 0. The molecule has 3 atom stereocenters. The third-order valence-corrected chi connectivity index (χ3v) is 7.49. The number of aryl methyl sites for hydroxylation is 1. The van der Waals surface area contributed by atoms with E-state index in [4.69, 9.17) is 0 Å². The predicted octanol–water partition coefficient (Wildman–Crippen LogP) is 4.62. The lowest BCUT2D eigenvalue weighted by atomic mass is 9.85. The fourth-order valence-electron chi connectivity index (χ4n) is 4.65. The molecule has 0 aliphatic carbocycles. The number of benzene rings is 1. The minimum atomic E-state index is -0.678. The molecular formula is C27H38N4O3S. The Morgan fingerprint density at radius 1 is 1.17 bits per heavy atom. The maximum atomic E-state index is 13.4. The molecule has 1 aromatic heterocycles. The van der Waals surface area contributed by atoms with Crippen molar-refractivity contribution < 1.29 is 14.4 Å². The number of nitrogens with one attached hydrogen (secondary N) is 2. The summed E-state index contributed by atoms with van der Waals surface area (Å²) in [5.41, 5.74) is 4.57. The summed E-state index contributed by atoms with van der Waals surface area (Å²) in [5, 5.41) is 6.01. The summed E-state index contributed by atoms with van der Waals surface area (Å²) >= 11 is 1.62. The molecule has 1 aromatic carbocycles. The van der Waals surface area contributed by atoms with Crippen LogP contribution in [0.15, 0.2) is 29.8 Å². The van der Waals surface area contributed by atoms with Crippen molar-refractivity contribution in [1.82, 2.24) is 20.5 Å². The second-order valence-electron chi connectivity index (χ2n) is 10.4. The van der Waals surface area contributed by atoms with Crippen molar-refractivity contribution in [2.45, 2.75) is 85.4 Å². The monoisotopic (exact) mass is 498 g/mol. The number of likely N-dealkylation sites (tertiary alicyclic amines) is 1. The maximum absolute atomic E-state index is 13.4. The van der Waals surface area contributed by atoms with E-state index < -0.39 is 17.5 Å². The lowest BCUT2D eigenvalue weighted by molar-refractivity contribution is -0.143. The van der Waals surface area contributed by atoms with Gasteiger partial charge in [0.15, 0.2) is 0 Å². The topological polar surface area (TPSA) is 91.4 Å². The van der Waals surface area contributed by atoms with Gasteiger partial charge in [0.25, 0.3) is 0 Å². The van der Waals surface area contributed by atoms with Crippen molar-refractivity contribution in [1.29, 1.82) is 0 Å². The summed E-state index contributed by atoms with van der Waals surface area (Å²) in [4.78, 5) is 45.7. The van der Waals surface area contributed by atoms with Crippen molar-refractivity contribution in [2.75, 3.05) is 6.54 Å². The maximum Gasteiger partial charge on any atom is 0.246 e. The van der Waals surface area contributed by atoms with Gasteiger partial charge < -0.3 is 15.5 Å². The molecular weight excluding hydrogens is 460 g/mol. The zero-order valence-electron chi connectivity index (χ0n) is 21.7. The first kappa shape index (κ1) is 26.9. The third-order valence-electron chi connectivity index (χ3n) is 6.51. The lowest BCUT2D eigenvalue weighted by Gasteiger charge is -2.35. The van der Waals surface area contributed by atoms with Gasteiger partial charge in [0.05, 0.1) is 22.1 Å². The summed E-state index contributed by atoms with van der Waals surface area (Å²) in [6.45, 7) is 11.8. The Labute approximate surface area is 212 Å². The number of amides is 3. The van der Waals surface area contributed by atoms with Gasteiger partial charge in [-0.25, -0.2) is 4.98 Å². The highest BCUT2D eigenvalue weighted by molar-refractivity contribution is 7.13. The highest BCUT2D eigenvalue weighted by Gasteiger charge is 2.41. The van der Waals surface area contributed by atoms with Crippen molar-refractivity contribution in [3.05, 3.63) is 41.0 Å². The van der Waals surface area contributed by atoms with E-state index in [1.807, 2.05) is 33.2 Å². The molecule has 35 heavy (non-hydrogen) atoms. The number of carbonyl (C=O) groups excluding carboxylic acids is 3. The van der Waals surface area contributed by atoms with E-state index in [-0.39, 0.29) is 23.8 Å². The van der Waals surface area contributed by atoms with Crippen LogP contribution >= 0.6 is 11.3 Å². The minimum absolute atomic E-state index is 0.129. The van der Waals surface area contributed by atoms with Gasteiger partial charge >= 0.3 is 0 Å². The number of rotatable bonds is 8. The van der Waals surface area contributed by atoms with Crippen molar-refractivity contribution in [2.24, 2.45) is 5.41 Å². The van der Waals surface area contributed by atoms with Crippen LogP contribution in [0.25, 0.3) is 10.4 Å². The van der Waals surface area contributed by atoms with Crippen LogP contribution in [0.3, 0.4) is 0 Å². The normalized spacial score (nSPS) is 17.7. The second kappa shape index (κ2) is 11.3. The molecule has 1 fully saturated rings. The molecule has 1 aliphatic heterocycles. The summed E-state index contributed by atoms with van der Waals surface area (Å²) in [6, 6.07) is 6.96. The molecule has 190 valence electrons. The molecule has 3 rings (SSSR count). The summed E-state index contributed by atoms with van der Waals surface area (Å²) in [5.74, 6) is -0.577. The van der Waals surface area contributed by atoms with E-state index in [2.05, 4.69) is 46.8 Å². The first-order valence-corrected chi connectivity index (χ1v) is 13.3. The fraction of sp³-hybridized carbons (Fsp3) is 0.556. The van der Waals surface area contributed by atoms with Crippen LogP contribution in [0.2, 0.25) is 0 Å². The third kappa shape index (κ3) is 6.48. The van der Waals surface area contributed by atoms with Gasteiger partial charge in [0.2, 0.25) is 17.7 Å². The van der Waals surface area contributed by atoms with Crippen LogP contribution < -0.4 is 10.6 Å². The predicted molar refractivity (Wildman–Crippen MR) is 140 cm³/mol. The Kier molecular flexibility index (Phi) is 8.70. The number of carbonyl (C=O) groups is 3. The van der Waals surface area contributed by atoms with Crippen molar-refractivity contribution >= 4 is 29.1 Å². The van der Waals surface area contributed by atoms with Crippen molar-refractivity contribution in [3.63, 3.8) is 0 Å². The minimum Gasteiger partial charge on any atom is -0.348 e. The molecule has 2 heterocycles. The zero-order chi connectivity index (χ0) is 25.8. The number of thiazole rings is 1. The summed E-state index contributed by atoms with van der Waals surface area (Å²) in [6.07, 6.45) is 3.11. The standard InChI is InChI=1S/C27H38N4O3S/c1-7-9-21(19-11-13-20(14-12-19)23-17(2)28-16-35-23)30-25(33)22-10-8-15-31(22)26(34)24(27(4,5)6)29-18(3)32/h11-14,16,21-22,24H,7-10,15H2,1-6H3,(H,29,32)(H,30,33). The number of hydrogen-bond donors (Lipinski definition) is 2. The van der Waals surface area contributed by atoms with Crippen LogP contribution in [0.1, 0.15) is 77.6 Å². The van der Waals surface area contributed by atoms with Gasteiger partial charge in [-0.05, 0) is 42.7 Å². The van der Waals surface area contributed by atoms with E-state index in [9.17, 15) is 14.4 Å². The lowest BCUT2D eigenvalue weighted by Crippen LogP contribution is -2.57. The van der Waals surface area contributed by atoms with Gasteiger partial charge in [-0.15, -0.1) is 11.3 Å². The van der Waals surface area contributed by atoms with Crippen LogP contribution in [-0.2, 0) is 14.4 Å². The quantitative estimate of drug-likeness (QED) is 0.556. The zero-order valence-corrected chi connectivity index (χ0v) is 22.5. The molecule has 0 spiro atoms. The Morgan fingerprint density at radius 3 is 2.40 bits per heavy atom. The van der Waals surface area contributed by atoms with E-state index in [1.165, 1.54) is 6.92 Å². The first-order chi connectivity index (χ1) is 16.5. The Morgan fingerprint density at radius 2 is 1.86 bits per heavy atom. The van der Waals surface area contributed by atoms with Crippen LogP contribution in [-0.4, -0.2) is 46.2 Å². The molecule has 1 saturated heterocycles. The Balaban J connectivity index is 1.75. The molecule has 0 radical (unpaired) electrons. The first-order valence-electron chi connectivity index (χ1n) is 12.4. The van der Waals surface area contributed by atoms with Gasteiger partial charge in [0, 0.05) is 13.5 Å². The fourth-order valence-corrected chi connectivity index (χ4v) is 5.46. The van der Waals surface area contributed by atoms with Gasteiger partial charge in [-0.1, -0.05) is 58.4 Å². The van der Waals surface area contributed by atoms with E-state index in [0.717, 1.165) is 41.0 Å². The highest BCUT2D eigenvalue weighted by atomic mass is 32.1. The molecule has 7 nitrogen and oxygen atoms in total. The molecule has 0 bridgehead atoms. The highest BCUT2D eigenvalue weighted by Crippen LogP contribution is 2.30. The molecule has 1 aliphatic rings. The SMILES string of the molecule is CCCC(NC(=O)C1CCCN1C(=O)C(NC(C)=O)C(C)(C)C)c1ccc(-c2scnc2C)cc1. The van der Waals surface area contributed by atoms with E-state index in [0.29, 0.717) is 13.0 Å². The Bertz CT molecular complexity index is 1040. The molecule has 2 aromatic rings. The largest absolute Gasteiger partial charge is 0.348 e. The van der Waals surface area contributed by atoms with Crippen molar-refractivity contribution in [3.8, 4) is 10.4 Å². The second-order valence-corrected chi connectivity index (χ2v) is 11.3. The molecule has 3 unspecified atom stereocenters. The molecule has 0 saturated carbocycles. The molecule has 8 heteroatoms. The van der Waals surface area contributed by atoms with E-state index >= 15 is 0 Å². The van der Waals surface area contributed by atoms with Gasteiger partial charge in [0.1, 0.15) is 12.1 Å². The van der Waals surface area contributed by atoms with Gasteiger partial charge in [-0.3, -0.25) is 14.4 Å².